The quantitative estimate of drug-likeness (QED) is 0.610. The Bertz CT molecular complexity index is 767. The zero-order chi connectivity index (χ0) is 18.2. The van der Waals surface area contributed by atoms with E-state index in [2.05, 4.69) is 10.9 Å². The molecular formula is C17H17N3O4S. The highest BCUT2D eigenvalue weighted by molar-refractivity contribution is 7.99. The van der Waals surface area contributed by atoms with E-state index >= 15 is 0 Å². The fourth-order valence-corrected chi connectivity index (χ4v) is 2.77. The highest BCUT2D eigenvalue weighted by Gasteiger charge is 2.16. The first-order valence-corrected chi connectivity index (χ1v) is 8.52. The largest absolute Gasteiger partial charge is 0.272 e. The van der Waals surface area contributed by atoms with Gasteiger partial charge in [0.15, 0.2) is 0 Å². The molecule has 0 aromatic heterocycles. The molecule has 0 heterocycles. The van der Waals surface area contributed by atoms with Gasteiger partial charge in [-0.15, -0.1) is 11.8 Å². The average molecular weight is 359 g/mol. The first kappa shape index (κ1) is 18.5. The number of carbonyl (C=O) groups excluding carboxylic acids is 2. The van der Waals surface area contributed by atoms with E-state index in [9.17, 15) is 19.7 Å². The molecule has 0 bridgehead atoms. The Labute approximate surface area is 148 Å². The van der Waals surface area contributed by atoms with Crippen molar-refractivity contribution < 1.29 is 14.5 Å². The molecule has 0 spiro atoms. The molecule has 0 aliphatic carbocycles. The summed E-state index contributed by atoms with van der Waals surface area (Å²) in [4.78, 5) is 34.1. The number of non-ortho nitro benzene ring substituents is 1. The zero-order valence-electron chi connectivity index (χ0n) is 13.5. The van der Waals surface area contributed by atoms with Gasteiger partial charge in [-0.1, -0.05) is 36.4 Å². The third kappa shape index (κ3) is 5.61. The number of hydrogen-bond acceptors (Lipinski definition) is 5. The van der Waals surface area contributed by atoms with Gasteiger partial charge in [-0.2, -0.15) is 0 Å². The Hall–Kier alpha value is -2.87. The second-order valence-electron chi connectivity index (χ2n) is 5.19. The van der Waals surface area contributed by atoms with Gasteiger partial charge < -0.3 is 0 Å². The molecule has 2 N–H and O–H groups in total. The van der Waals surface area contributed by atoms with Crippen LogP contribution in [0.4, 0.5) is 5.69 Å². The number of carbonyl (C=O) groups is 2. The van der Waals surface area contributed by atoms with E-state index < -0.39 is 10.8 Å². The standard InChI is InChI=1S/C17H17N3O4S/c1-12(25-11-13-6-3-2-4-7-13)16(21)18-19-17(22)14-8-5-9-15(10-14)20(23)24/h2-10,12H,11H2,1H3,(H,18,21)(H,19,22)/t12-/m1/s1. The van der Waals surface area contributed by atoms with Gasteiger partial charge >= 0.3 is 0 Å². The molecule has 0 aliphatic rings. The normalized spacial score (nSPS) is 11.4. The van der Waals surface area contributed by atoms with Gasteiger partial charge in [0.05, 0.1) is 10.2 Å². The van der Waals surface area contributed by atoms with Crippen LogP contribution in [0.25, 0.3) is 0 Å². The van der Waals surface area contributed by atoms with E-state index in [4.69, 9.17) is 0 Å². The SMILES string of the molecule is C[C@@H](SCc1ccccc1)C(=O)NNC(=O)c1cccc([N+](=O)[O-])c1. The van der Waals surface area contributed by atoms with Crippen molar-refractivity contribution in [3.8, 4) is 0 Å². The third-order valence-corrected chi connectivity index (χ3v) is 4.54. The maximum absolute atomic E-state index is 12.0. The lowest BCUT2D eigenvalue weighted by molar-refractivity contribution is -0.384. The summed E-state index contributed by atoms with van der Waals surface area (Å²) >= 11 is 1.44. The molecule has 0 radical (unpaired) electrons. The molecule has 1 atom stereocenters. The maximum atomic E-state index is 12.0. The zero-order valence-corrected chi connectivity index (χ0v) is 14.3. The molecule has 2 aromatic rings. The molecule has 130 valence electrons. The smallest absolute Gasteiger partial charge is 0.270 e. The Morgan fingerprint density at radius 3 is 2.52 bits per heavy atom. The van der Waals surface area contributed by atoms with E-state index in [-0.39, 0.29) is 22.4 Å². The van der Waals surface area contributed by atoms with Crippen molar-refractivity contribution in [1.29, 1.82) is 0 Å². The van der Waals surface area contributed by atoms with Gasteiger partial charge in [-0.05, 0) is 18.6 Å². The number of nitro benzene ring substituents is 1. The van der Waals surface area contributed by atoms with Crippen LogP contribution in [0.2, 0.25) is 0 Å². The summed E-state index contributed by atoms with van der Waals surface area (Å²) in [6.07, 6.45) is 0. The minimum atomic E-state index is -0.614. The van der Waals surface area contributed by atoms with Gasteiger partial charge in [0.25, 0.3) is 17.5 Å². The maximum Gasteiger partial charge on any atom is 0.270 e. The summed E-state index contributed by atoms with van der Waals surface area (Å²) in [5.74, 6) is -0.286. The molecule has 0 unspecified atom stereocenters. The summed E-state index contributed by atoms with van der Waals surface area (Å²) < 4.78 is 0. The molecule has 7 nitrogen and oxygen atoms in total. The van der Waals surface area contributed by atoms with Crippen LogP contribution in [0.3, 0.4) is 0 Å². The Balaban J connectivity index is 1.83. The van der Waals surface area contributed by atoms with E-state index in [1.165, 1.54) is 30.0 Å². The number of benzene rings is 2. The predicted octanol–water partition coefficient (Wildman–Crippen LogP) is 2.68. The molecular weight excluding hydrogens is 342 g/mol. The molecule has 0 fully saturated rings. The number of rotatable bonds is 6. The molecule has 2 rings (SSSR count). The highest BCUT2D eigenvalue weighted by Crippen LogP contribution is 2.17. The Morgan fingerprint density at radius 2 is 1.84 bits per heavy atom. The summed E-state index contributed by atoms with van der Waals surface area (Å²) in [5, 5.41) is 10.4. The summed E-state index contributed by atoms with van der Waals surface area (Å²) in [6, 6.07) is 15.0. The molecule has 2 aromatic carbocycles. The lowest BCUT2D eigenvalue weighted by Gasteiger charge is -2.12. The van der Waals surface area contributed by atoms with E-state index in [0.717, 1.165) is 11.6 Å². The van der Waals surface area contributed by atoms with Gasteiger partial charge in [-0.25, -0.2) is 0 Å². The van der Waals surface area contributed by atoms with Crippen LogP contribution in [0, 0.1) is 10.1 Å². The van der Waals surface area contributed by atoms with Crippen molar-refractivity contribution in [3.05, 3.63) is 75.8 Å². The van der Waals surface area contributed by atoms with Crippen molar-refractivity contribution in [2.24, 2.45) is 0 Å². The molecule has 0 saturated heterocycles. The van der Waals surface area contributed by atoms with Crippen molar-refractivity contribution in [2.75, 3.05) is 0 Å². The first-order chi connectivity index (χ1) is 12.0. The molecule has 8 heteroatoms. The number of hydrogen-bond donors (Lipinski definition) is 2. The number of hydrazine groups is 1. The van der Waals surface area contributed by atoms with E-state index in [1.54, 1.807) is 6.92 Å². The first-order valence-electron chi connectivity index (χ1n) is 7.47. The molecule has 0 aliphatic heterocycles. The average Bonchev–Trinajstić information content (AvgIpc) is 2.64. The minimum Gasteiger partial charge on any atom is -0.272 e. The van der Waals surface area contributed by atoms with Crippen molar-refractivity contribution in [2.45, 2.75) is 17.9 Å². The molecule has 0 saturated carbocycles. The summed E-state index contributed by atoms with van der Waals surface area (Å²) in [5.41, 5.74) is 5.62. The lowest BCUT2D eigenvalue weighted by atomic mass is 10.2. The van der Waals surface area contributed by atoms with Gasteiger partial charge in [0.2, 0.25) is 0 Å². The van der Waals surface area contributed by atoms with Crippen LogP contribution < -0.4 is 10.9 Å². The van der Waals surface area contributed by atoms with Crippen molar-refractivity contribution in [3.63, 3.8) is 0 Å². The highest BCUT2D eigenvalue weighted by atomic mass is 32.2. The van der Waals surface area contributed by atoms with Gasteiger partial charge in [0.1, 0.15) is 0 Å². The lowest BCUT2D eigenvalue weighted by Crippen LogP contribution is -2.44. The topological polar surface area (TPSA) is 101 Å². The number of nitrogens with zero attached hydrogens (tertiary/aromatic N) is 1. The van der Waals surface area contributed by atoms with E-state index in [1.807, 2.05) is 30.3 Å². The van der Waals surface area contributed by atoms with Crippen LogP contribution in [-0.4, -0.2) is 22.0 Å². The molecule has 25 heavy (non-hydrogen) atoms. The van der Waals surface area contributed by atoms with Crippen molar-refractivity contribution in [1.82, 2.24) is 10.9 Å². The number of nitro groups is 1. The van der Waals surface area contributed by atoms with Crippen LogP contribution in [0.15, 0.2) is 54.6 Å². The number of amides is 2. The predicted molar refractivity (Wildman–Crippen MR) is 95.9 cm³/mol. The second-order valence-corrected chi connectivity index (χ2v) is 6.52. The van der Waals surface area contributed by atoms with E-state index in [0.29, 0.717) is 5.75 Å². The fourth-order valence-electron chi connectivity index (χ4n) is 1.92. The molecule has 2 amide bonds. The van der Waals surface area contributed by atoms with Crippen molar-refractivity contribution >= 4 is 29.3 Å². The monoisotopic (exact) mass is 359 g/mol. The van der Waals surface area contributed by atoms with Crippen LogP contribution >= 0.6 is 11.8 Å². The van der Waals surface area contributed by atoms with Gasteiger partial charge in [-0.3, -0.25) is 30.6 Å². The summed E-state index contributed by atoms with van der Waals surface area (Å²) in [6.45, 7) is 1.74. The summed E-state index contributed by atoms with van der Waals surface area (Å²) in [7, 11) is 0. The van der Waals surface area contributed by atoms with Crippen LogP contribution in [-0.2, 0) is 10.5 Å². The Morgan fingerprint density at radius 1 is 1.12 bits per heavy atom. The minimum absolute atomic E-state index is 0.0964. The number of nitrogens with one attached hydrogen (secondary N) is 2. The van der Waals surface area contributed by atoms with Crippen LogP contribution in [0.5, 0.6) is 0 Å². The van der Waals surface area contributed by atoms with Crippen LogP contribution in [0.1, 0.15) is 22.8 Å². The number of thioether (sulfide) groups is 1. The van der Waals surface area contributed by atoms with Gasteiger partial charge in [0, 0.05) is 23.4 Å². The fraction of sp³-hybridized carbons (Fsp3) is 0.176. The third-order valence-electron chi connectivity index (χ3n) is 3.33. The second kappa shape index (κ2) is 8.84. The Kier molecular flexibility index (Phi) is 6.53.